The Morgan fingerprint density at radius 3 is 2.61 bits per heavy atom. The van der Waals surface area contributed by atoms with Gasteiger partial charge in [0.2, 0.25) is 0 Å². The van der Waals surface area contributed by atoms with E-state index in [4.69, 9.17) is 5.26 Å². The molecule has 1 aliphatic rings. The molecule has 1 aromatic rings. The summed E-state index contributed by atoms with van der Waals surface area (Å²) in [5.74, 6) is 1.07. The first-order chi connectivity index (χ1) is 8.90. The molecule has 2 rings (SSSR count). The average Bonchev–Trinajstić information content (AvgIpc) is 2.93. The van der Waals surface area contributed by atoms with Crippen LogP contribution in [0.15, 0.2) is 35.2 Å². The van der Waals surface area contributed by atoms with Crippen LogP contribution in [0.3, 0.4) is 0 Å². The van der Waals surface area contributed by atoms with E-state index in [9.17, 15) is 0 Å². The Hall–Kier alpha value is -0.980. The molecule has 96 valence electrons. The Morgan fingerprint density at radius 2 is 1.94 bits per heavy atom. The second kappa shape index (κ2) is 7.45. The molecule has 3 heteroatoms. The van der Waals surface area contributed by atoms with Crippen LogP contribution in [0, 0.1) is 11.3 Å². The maximum Gasteiger partial charge on any atom is 0.0868 e. The predicted octanol–water partition coefficient (Wildman–Crippen LogP) is 3.55. The van der Waals surface area contributed by atoms with E-state index in [-0.39, 0.29) is 0 Å². The molecule has 0 bridgehead atoms. The number of thioether (sulfide) groups is 1. The SMILES string of the molecule is N#CCN(CCSc1ccccc1)C1CCCC1. The summed E-state index contributed by atoms with van der Waals surface area (Å²) in [4.78, 5) is 3.68. The van der Waals surface area contributed by atoms with Crippen molar-refractivity contribution in [2.24, 2.45) is 0 Å². The van der Waals surface area contributed by atoms with Crippen LogP contribution in [0.25, 0.3) is 0 Å². The van der Waals surface area contributed by atoms with E-state index in [1.165, 1.54) is 30.6 Å². The third-order valence-electron chi connectivity index (χ3n) is 3.51. The van der Waals surface area contributed by atoms with Gasteiger partial charge in [-0.05, 0) is 25.0 Å². The van der Waals surface area contributed by atoms with E-state index in [1.807, 2.05) is 17.8 Å². The number of hydrogen-bond donors (Lipinski definition) is 0. The largest absolute Gasteiger partial charge is 0.287 e. The second-order valence-corrected chi connectivity index (χ2v) is 5.90. The van der Waals surface area contributed by atoms with Gasteiger partial charge >= 0.3 is 0 Å². The van der Waals surface area contributed by atoms with Crippen molar-refractivity contribution in [2.75, 3.05) is 18.8 Å². The Kier molecular flexibility index (Phi) is 5.57. The summed E-state index contributed by atoms with van der Waals surface area (Å²) in [6.45, 7) is 1.61. The van der Waals surface area contributed by atoms with Gasteiger partial charge in [0.05, 0.1) is 12.6 Å². The van der Waals surface area contributed by atoms with Gasteiger partial charge in [0, 0.05) is 23.2 Å². The molecule has 0 radical (unpaired) electrons. The molecule has 2 nitrogen and oxygen atoms in total. The highest BCUT2D eigenvalue weighted by Gasteiger charge is 2.21. The molecule has 18 heavy (non-hydrogen) atoms. The Morgan fingerprint density at radius 1 is 1.22 bits per heavy atom. The van der Waals surface area contributed by atoms with Crippen molar-refractivity contribution in [1.82, 2.24) is 4.90 Å². The number of nitriles is 1. The third kappa shape index (κ3) is 4.04. The van der Waals surface area contributed by atoms with Crippen molar-refractivity contribution in [3.05, 3.63) is 30.3 Å². The van der Waals surface area contributed by atoms with Crippen molar-refractivity contribution >= 4 is 11.8 Å². The van der Waals surface area contributed by atoms with Gasteiger partial charge in [-0.2, -0.15) is 5.26 Å². The maximum absolute atomic E-state index is 8.91. The summed E-state index contributed by atoms with van der Waals surface area (Å²) in [6.07, 6.45) is 5.21. The van der Waals surface area contributed by atoms with Gasteiger partial charge in [-0.15, -0.1) is 11.8 Å². The zero-order valence-electron chi connectivity index (χ0n) is 10.7. The van der Waals surface area contributed by atoms with Crippen LogP contribution in [-0.2, 0) is 0 Å². The van der Waals surface area contributed by atoms with Crippen LogP contribution in [0.1, 0.15) is 25.7 Å². The minimum absolute atomic E-state index is 0.583. The van der Waals surface area contributed by atoms with Gasteiger partial charge in [-0.25, -0.2) is 0 Å². The van der Waals surface area contributed by atoms with Crippen molar-refractivity contribution in [3.63, 3.8) is 0 Å². The fraction of sp³-hybridized carbons (Fsp3) is 0.533. The predicted molar refractivity (Wildman–Crippen MR) is 76.6 cm³/mol. The standard InChI is InChI=1S/C15H20N2S/c16-10-11-17(14-6-4-5-7-14)12-13-18-15-8-2-1-3-9-15/h1-3,8-9,14H,4-7,11-13H2. The minimum atomic E-state index is 0.583. The molecule has 0 spiro atoms. The van der Waals surface area contributed by atoms with Gasteiger partial charge in [-0.3, -0.25) is 4.90 Å². The number of hydrogen-bond acceptors (Lipinski definition) is 3. The number of benzene rings is 1. The van der Waals surface area contributed by atoms with Gasteiger partial charge in [0.25, 0.3) is 0 Å². The normalized spacial score (nSPS) is 16.0. The lowest BCUT2D eigenvalue weighted by atomic mass is 10.2. The smallest absolute Gasteiger partial charge is 0.0868 e. The Balaban J connectivity index is 1.77. The highest BCUT2D eigenvalue weighted by Crippen LogP contribution is 2.24. The summed E-state index contributed by atoms with van der Waals surface area (Å²) >= 11 is 1.88. The molecular formula is C15H20N2S. The molecule has 0 saturated heterocycles. The molecule has 0 N–H and O–H groups in total. The highest BCUT2D eigenvalue weighted by molar-refractivity contribution is 7.99. The molecule has 0 amide bonds. The summed E-state index contributed by atoms with van der Waals surface area (Å²) in [5, 5.41) is 8.91. The van der Waals surface area contributed by atoms with E-state index in [1.54, 1.807) is 0 Å². The summed E-state index contributed by atoms with van der Waals surface area (Å²) in [7, 11) is 0. The zero-order valence-corrected chi connectivity index (χ0v) is 11.5. The van der Waals surface area contributed by atoms with Crippen LogP contribution in [-0.4, -0.2) is 29.8 Å². The van der Waals surface area contributed by atoms with E-state index >= 15 is 0 Å². The van der Waals surface area contributed by atoms with Crippen molar-refractivity contribution in [2.45, 2.75) is 36.6 Å². The van der Waals surface area contributed by atoms with Gasteiger partial charge in [-0.1, -0.05) is 31.0 Å². The Bertz CT molecular complexity index is 379. The lowest BCUT2D eigenvalue weighted by Gasteiger charge is -2.25. The van der Waals surface area contributed by atoms with E-state index in [2.05, 4.69) is 35.2 Å². The topological polar surface area (TPSA) is 27.0 Å². The van der Waals surface area contributed by atoms with E-state index in [0.717, 1.165) is 12.3 Å². The third-order valence-corrected chi connectivity index (χ3v) is 4.50. The molecular weight excluding hydrogens is 240 g/mol. The number of rotatable bonds is 6. The molecule has 1 aliphatic carbocycles. The van der Waals surface area contributed by atoms with Gasteiger partial charge in [0.1, 0.15) is 0 Å². The first kappa shape index (κ1) is 13.5. The summed E-state index contributed by atoms with van der Waals surface area (Å²) in [6, 6.07) is 13.5. The molecule has 0 atom stereocenters. The molecule has 0 aromatic heterocycles. The van der Waals surface area contributed by atoms with Crippen LogP contribution < -0.4 is 0 Å². The van der Waals surface area contributed by atoms with Crippen molar-refractivity contribution in [1.29, 1.82) is 5.26 Å². The molecule has 1 saturated carbocycles. The second-order valence-electron chi connectivity index (χ2n) is 4.73. The molecule has 0 aliphatic heterocycles. The fourth-order valence-electron chi connectivity index (χ4n) is 2.55. The van der Waals surface area contributed by atoms with Crippen LogP contribution in [0.4, 0.5) is 0 Å². The van der Waals surface area contributed by atoms with Crippen LogP contribution in [0.2, 0.25) is 0 Å². The maximum atomic E-state index is 8.91. The van der Waals surface area contributed by atoms with Crippen molar-refractivity contribution in [3.8, 4) is 6.07 Å². The number of nitrogens with zero attached hydrogens (tertiary/aromatic N) is 2. The zero-order chi connectivity index (χ0) is 12.6. The quantitative estimate of drug-likeness (QED) is 0.578. The van der Waals surface area contributed by atoms with Crippen molar-refractivity contribution < 1.29 is 0 Å². The highest BCUT2D eigenvalue weighted by atomic mass is 32.2. The average molecular weight is 260 g/mol. The fourth-order valence-corrected chi connectivity index (χ4v) is 3.46. The molecule has 0 heterocycles. The lowest BCUT2D eigenvalue weighted by molar-refractivity contribution is 0.236. The first-order valence-electron chi connectivity index (χ1n) is 6.69. The van der Waals surface area contributed by atoms with Crippen LogP contribution in [0.5, 0.6) is 0 Å². The molecule has 1 aromatic carbocycles. The van der Waals surface area contributed by atoms with E-state index < -0.39 is 0 Å². The monoisotopic (exact) mass is 260 g/mol. The molecule has 1 fully saturated rings. The summed E-state index contributed by atoms with van der Waals surface area (Å²) < 4.78 is 0. The van der Waals surface area contributed by atoms with Gasteiger partial charge < -0.3 is 0 Å². The minimum Gasteiger partial charge on any atom is -0.287 e. The Labute approximate surface area is 114 Å². The van der Waals surface area contributed by atoms with E-state index in [0.29, 0.717) is 12.6 Å². The lowest BCUT2D eigenvalue weighted by Crippen LogP contribution is -2.35. The van der Waals surface area contributed by atoms with Crippen LogP contribution >= 0.6 is 11.8 Å². The summed E-state index contributed by atoms with van der Waals surface area (Å²) in [5.41, 5.74) is 0. The first-order valence-corrected chi connectivity index (χ1v) is 7.67. The van der Waals surface area contributed by atoms with Gasteiger partial charge in [0.15, 0.2) is 0 Å². The molecule has 0 unspecified atom stereocenters.